The van der Waals surface area contributed by atoms with Crippen LogP contribution in [0.2, 0.25) is 5.02 Å². The molecule has 0 saturated heterocycles. The van der Waals surface area contributed by atoms with Crippen LogP contribution in [-0.2, 0) is 24.8 Å². The number of sulfonamides is 2. The lowest BCUT2D eigenvalue weighted by Gasteiger charge is -2.31. The number of halogens is 1. The van der Waals surface area contributed by atoms with Crippen molar-refractivity contribution in [1.29, 1.82) is 0 Å². The molecular weight excluding hydrogens is 558 g/mol. The molecule has 5 rings (SSSR count). The molecule has 0 saturated carbocycles. The molecule has 1 aliphatic heterocycles. The molecule has 200 valence electrons. The highest BCUT2D eigenvalue weighted by molar-refractivity contribution is 7.93. The van der Waals surface area contributed by atoms with Gasteiger partial charge in [0.05, 0.1) is 21.2 Å². The van der Waals surface area contributed by atoms with Crippen molar-refractivity contribution in [2.24, 2.45) is 0 Å². The number of nitrogens with one attached hydrogen (secondary N) is 2. The first-order valence-electron chi connectivity index (χ1n) is 11.9. The zero-order chi connectivity index (χ0) is 27.9. The van der Waals surface area contributed by atoms with E-state index in [0.717, 1.165) is 15.4 Å². The number of carbonyl (C=O) groups excluding carboxylic acids is 1. The van der Waals surface area contributed by atoms with Gasteiger partial charge in [0, 0.05) is 21.8 Å². The lowest BCUT2D eigenvalue weighted by atomic mass is 10.0. The van der Waals surface area contributed by atoms with Gasteiger partial charge in [-0.25, -0.2) is 16.8 Å². The molecule has 0 atom stereocenters. The van der Waals surface area contributed by atoms with Crippen LogP contribution in [0.25, 0.3) is 11.1 Å². The molecule has 0 aromatic heterocycles. The highest BCUT2D eigenvalue weighted by atomic mass is 35.5. The summed E-state index contributed by atoms with van der Waals surface area (Å²) in [6.45, 7) is 3.15. The number of benzene rings is 4. The van der Waals surface area contributed by atoms with E-state index >= 15 is 0 Å². The lowest BCUT2D eigenvalue weighted by molar-refractivity contribution is -0.114. The number of nitrogens with zero attached hydrogens (tertiary/aromatic N) is 1. The van der Waals surface area contributed by atoms with Gasteiger partial charge in [-0.3, -0.25) is 13.8 Å². The average Bonchev–Trinajstić information content (AvgIpc) is 2.89. The Morgan fingerprint density at radius 1 is 0.872 bits per heavy atom. The molecule has 0 radical (unpaired) electrons. The summed E-state index contributed by atoms with van der Waals surface area (Å²) in [7, 11) is -7.89. The standard InChI is InChI=1S/C28H24ClN3O5S2/c1-18-6-5-7-19(2)28(18)31-38(34,35)22-13-11-21(12-14-22)30-27(33)17-32-25-15-10-20(29)16-24(25)23-8-3-4-9-26(23)39(32,36)37/h3-16,31H,17H2,1-2H3,(H,30,33). The van der Waals surface area contributed by atoms with E-state index in [0.29, 0.717) is 33.2 Å². The number of amides is 1. The van der Waals surface area contributed by atoms with E-state index in [1.54, 1.807) is 36.4 Å². The molecule has 0 bridgehead atoms. The number of hydrogen-bond acceptors (Lipinski definition) is 5. The number of hydrogen-bond donors (Lipinski definition) is 2. The summed E-state index contributed by atoms with van der Waals surface area (Å²) in [5.41, 5.74) is 3.87. The number of anilines is 3. The first-order chi connectivity index (χ1) is 18.5. The number of rotatable bonds is 6. The van der Waals surface area contributed by atoms with Crippen LogP contribution in [-0.4, -0.2) is 29.3 Å². The molecule has 8 nitrogen and oxygen atoms in total. The Labute approximate surface area is 232 Å². The van der Waals surface area contributed by atoms with Gasteiger partial charge >= 0.3 is 0 Å². The fourth-order valence-corrected chi connectivity index (χ4v) is 7.52. The average molecular weight is 582 g/mol. The normalized spacial score (nSPS) is 13.8. The Morgan fingerprint density at radius 3 is 2.23 bits per heavy atom. The second-order valence-electron chi connectivity index (χ2n) is 9.11. The van der Waals surface area contributed by atoms with Gasteiger partial charge in [-0.05, 0) is 73.5 Å². The third kappa shape index (κ3) is 5.10. The van der Waals surface area contributed by atoms with Gasteiger partial charge in [0.2, 0.25) is 5.91 Å². The van der Waals surface area contributed by atoms with E-state index < -0.39 is 32.5 Å². The molecular formula is C28H24ClN3O5S2. The third-order valence-electron chi connectivity index (χ3n) is 6.43. The summed E-state index contributed by atoms with van der Waals surface area (Å²) >= 11 is 6.19. The van der Waals surface area contributed by atoms with Crippen molar-refractivity contribution in [1.82, 2.24) is 0 Å². The topological polar surface area (TPSA) is 113 Å². The van der Waals surface area contributed by atoms with Gasteiger partial charge in [-0.15, -0.1) is 0 Å². The molecule has 0 spiro atoms. The minimum atomic E-state index is -4.02. The first kappa shape index (κ1) is 26.7. The van der Waals surface area contributed by atoms with Crippen LogP contribution in [0.1, 0.15) is 11.1 Å². The molecule has 39 heavy (non-hydrogen) atoms. The second-order valence-corrected chi connectivity index (χ2v) is 13.1. The Balaban J connectivity index is 1.36. The quantitative estimate of drug-likeness (QED) is 0.309. The zero-order valence-electron chi connectivity index (χ0n) is 21.0. The maximum Gasteiger partial charge on any atom is 0.265 e. The van der Waals surface area contributed by atoms with E-state index in [-0.39, 0.29) is 9.79 Å². The van der Waals surface area contributed by atoms with E-state index in [4.69, 9.17) is 11.6 Å². The highest BCUT2D eigenvalue weighted by Crippen LogP contribution is 2.43. The van der Waals surface area contributed by atoms with E-state index in [1.165, 1.54) is 30.3 Å². The van der Waals surface area contributed by atoms with Crippen LogP contribution >= 0.6 is 11.6 Å². The Hall–Kier alpha value is -3.86. The van der Waals surface area contributed by atoms with Gasteiger partial charge in [-0.1, -0.05) is 48.0 Å². The van der Waals surface area contributed by atoms with Crippen molar-refractivity contribution in [3.8, 4) is 11.1 Å². The van der Waals surface area contributed by atoms with Gasteiger partial charge in [0.1, 0.15) is 6.54 Å². The molecule has 4 aromatic carbocycles. The predicted octanol–water partition coefficient (Wildman–Crippen LogP) is 5.57. The van der Waals surface area contributed by atoms with Crippen molar-refractivity contribution < 1.29 is 21.6 Å². The summed E-state index contributed by atoms with van der Waals surface area (Å²) in [5, 5.41) is 3.09. The number of para-hydroxylation sites is 1. The van der Waals surface area contributed by atoms with Crippen molar-refractivity contribution in [3.63, 3.8) is 0 Å². The van der Waals surface area contributed by atoms with Gasteiger partial charge in [0.25, 0.3) is 20.0 Å². The van der Waals surface area contributed by atoms with Crippen molar-refractivity contribution in [3.05, 3.63) is 101 Å². The number of aryl methyl sites for hydroxylation is 2. The highest BCUT2D eigenvalue weighted by Gasteiger charge is 2.36. The predicted molar refractivity (Wildman–Crippen MR) is 153 cm³/mol. The Kier molecular flexibility index (Phi) is 6.88. The maximum atomic E-state index is 13.4. The molecule has 1 aliphatic rings. The molecule has 0 aliphatic carbocycles. The SMILES string of the molecule is Cc1cccc(C)c1NS(=O)(=O)c1ccc(NC(=O)CN2c3ccc(Cl)cc3-c3ccccc3S2(=O)=O)cc1. The summed E-state index contributed by atoms with van der Waals surface area (Å²) < 4.78 is 56.4. The monoisotopic (exact) mass is 581 g/mol. The fourth-order valence-electron chi connectivity index (χ4n) is 4.49. The summed E-state index contributed by atoms with van der Waals surface area (Å²) in [6.07, 6.45) is 0. The Bertz CT molecular complexity index is 1800. The van der Waals surface area contributed by atoms with Crippen LogP contribution < -0.4 is 14.3 Å². The van der Waals surface area contributed by atoms with E-state index in [2.05, 4.69) is 10.0 Å². The summed E-state index contributed by atoms with van der Waals surface area (Å²) in [6, 6.07) is 22.5. The fraction of sp³-hybridized carbons (Fsp3) is 0.107. The molecule has 1 heterocycles. The molecule has 4 aromatic rings. The number of fused-ring (bicyclic) bond motifs is 3. The zero-order valence-corrected chi connectivity index (χ0v) is 23.4. The maximum absolute atomic E-state index is 13.4. The first-order valence-corrected chi connectivity index (χ1v) is 15.2. The molecule has 2 N–H and O–H groups in total. The van der Waals surface area contributed by atoms with Crippen LogP contribution in [0.15, 0.2) is 94.7 Å². The molecule has 1 amide bonds. The Morgan fingerprint density at radius 2 is 1.54 bits per heavy atom. The smallest absolute Gasteiger partial charge is 0.265 e. The van der Waals surface area contributed by atoms with Crippen LogP contribution in [0, 0.1) is 13.8 Å². The van der Waals surface area contributed by atoms with E-state index in [1.807, 2.05) is 32.0 Å². The second kappa shape index (κ2) is 10.0. The largest absolute Gasteiger partial charge is 0.325 e. The molecule has 11 heteroatoms. The van der Waals surface area contributed by atoms with Crippen molar-refractivity contribution in [2.45, 2.75) is 23.6 Å². The summed E-state index contributed by atoms with van der Waals surface area (Å²) in [5.74, 6) is -0.594. The van der Waals surface area contributed by atoms with Crippen molar-refractivity contribution in [2.75, 3.05) is 20.9 Å². The minimum Gasteiger partial charge on any atom is -0.325 e. The van der Waals surface area contributed by atoms with Crippen LogP contribution in [0.5, 0.6) is 0 Å². The van der Waals surface area contributed by atoms with E-state index in [9.17, 15) is 21.6 Å². The van der Waals surface area contributed by atoms with Crippen LogP contribution in [0.3, 0.4) is 0 Å². The summed E-state index contributed by atoms with van der Waals surface area (Å²) in [4.78, 5) is 13.1. The third-order valence-corrected chi connectivity index (χ3v) is 9.84. The van der Waals surface area contributed by atoms with Gasteiger partial charge in [-0.2, -0.15) is 0 Å². The van der Waals surface area contributed by atoms with Gasteiger partial charge < -0.3 is 5.32 Å². The lowest BCUT2D eigenvalue weighted by Crippen LogP contribution is -2.40. The molecule has 0 fully saturated rings. The molecule has 0 unspecified atom stereocenters. The van der Waals surface area contributed by atoms with Crippen molar-refractivity contribution >= 4 is 54.6 Å². The van der Waals surface area contributed by atoms with Gasteiger partial charge in [0.15, 0.2) is 0 Å². The van der Waals surface area contributed by atoms with Crippen LogP contribution in [0.4, 0.5) is 17.1 Å². The number of carbonyl (C=O) groups is 1. The minimum absolute atomic E-state index is 0.0178.